The lowest BCUT2D eigenvalue weighted by Gasteiger charge is -2.33. The molecular weight excluding hydrogens is 585 g/mol. The maximum Gasteiger partial charge on any atom is 0.137 e. The van der Waals surface area contributed by atoms with E-state index in [0.29, 0.717) is 0 Å². The Balaban J connectivity index is 1.37. The second kappa shape index (κ2) is 9.97. The summed E-state index contributed by atoms with van der Waals surface area (Å²) in [7, 11) is 0. The molecule has 0 fully saturated rings. The summed E-state index contributed by atoms with van der Waals surface area (Å²) in [5, 5.41) is 4.66. The lowest BCUT2D eigenvalue weighted by molar-refractivity contribution is 0.661. The van der Waals surface area contributed by atoms with E-state index in [0.717, 1.165) is 39.0 Å². The van der Waals surface area contributed by atoms with Crippen LogP contribution in [0.5, 0.6) is 0 Å². The standard InChI is InChI=1S/C45H32N2O/c1-45(2)34-21-9-6-17-30(34)31-20-12-26-39(44(31)45)47(38-25-14-28-41-43(38)33-19-8-11-27-40(33)48-41)37-24-13-23-36-42(37)32-18-7-10-22-35(32)46(36)29-15-4-3-5-16-29/h3-28H,1-2H3. The van der Waals surface area contributed by atoms with Gasteiger partial charge in [0.2, 0.25) is 0 Å². The van der Waals surface area contributed by atoms with Crippen LogP contribution in [0.4, 0.5) is 17.1 Å². The molecule has 3 nitrogen and oxygen atoms in total. The lowest BCUT2D eigenvalue weighted by Crippen LogP contribution is -2.21. The fourth-order valence-electron chi connectivity index (χ4n) is 8.38. The molecule has 2 heterocycles. The predicted molar refractivity (Wildman–Crippen MR) is 200 cm³/mol. The highest BCUT2D eigenvalue weighted by Crippen LogP contribution is 2.56. The molecule has 1 aliphatic carbocycles. The molecule has 0 radical (unpaired) electrons. The van der Waals surface area contributed by atoms with Gasteiger partial charge in [-0.05, 0) is 76.9 Å². The third-order valence-corrected chi connectivity index (χ3v) is 10.4. The van der Waals surface area contributed by atoms with Crippen molar-refractivity contribution in [2.45, 2.75) is 19.3 Å². The van der Waals surface area contributed by atoms with Crippen molar-refractivity contribution in [1.29, 1.82) is 0 Å². The van der Waals surface area contributed by atoms with Gasteiger partial charge in [-0.3, -0.25) is 0 Å². The number of rotatable bonds is 4. The van der Waals surface area contributed by atoms with E-state index in [1.807, 2.05) is 6.07 Å². The van der Waals surface area contributed by atoms with Crippen molar-refractivity contribution in [2.24, 2.45) is 0 Å². The maximum absolute atomic E-state index is 6.49. The second-order valence-corrected chi connectivity index (χ2v) is 13.3. The zero-order valence-corrected chi connectivity index (χ0v) is 26.8. The fourth-order valence-corrected chi connectivity index (χ4v) is 8.38. The van der Waals surface area contributed by atoms with Crippen molar-refractivity contribution in [2.75, 3.05) is 4.90 Å². The van der Waals surface area contributed by atoms with Crippen molar-refractivity contribution in [3.63, 3.8) is 0 Å². The zero-order valence-electron chi connectivity index (χ0n) is 26.8. The quantitative estimate of drug-likeness (QED) is 0.196. The molecule has 0 saturated heterocycles. The Morgan fingerprint density at radius 3 is 1.96 bits per heavy atom. The lowest BCUT2D eigenvalue weighted by atomic mass is 9.81. The first-order valence-corrected chi connectivity index (χ1v) is 16.6. The fraction of sp³-hybridized carbons (Fsp3) is 0.0667. The number of hydrogen-bond donors (Lipinski definition) is 0. The first-order chi connectivity index (χ1) is 23.6. The van der Waals surface area contributed by atoms with Gasteiger partial charge in [-0.1, -0.05) is 117 Å². The molecule has 7 aromatic carbocycles. The number of benzene rings is 7. The normalized spacial score (nSPS) is 13.4. The topological polar surface area (TPSA) is 21.3 Å². The van der Waals surface area contributed by atoms with Crippen LogP contribution in [0, 0.1) is 0 Å². The maximum atomic E-state index is 6.49. The minimum Gasteiger partial charge on any atom is -0.456 e. The molecular formula is C45H32N2O. The summed E-state index contributed by atoms with van der Waals surface area (Å²) in [5.41, 5.74) is 13.8. The summed E-state index contributed by atoms with van der Waals surface area (Å²) >= 11 is 0. The van der Waals surface area contributed by atoms with E-state index < -0.39 is 0 Å². The molecule has 0 unspecified atom stereocenters. The van der Waals surface area contributed by atoms with Gasteiger partial charge in [0.15, 0.2) is 0 Å². The highest BCUT2D eigenvalue weighted by atomic mass is 16.3. The summed E-state index contributed by atoms with van der Waals surface area (Å²) in [4.78, 5) is 2.51. The molecule has 9 aromatic rings. The Morgan fingerprint density at radius 1 is 0.479 bits per heavy atom. The molecule has 3 heteroatoms. The number of furan rings is 1. The molecule has 0 spiro atoms. The Labute approximate surface area is 278 Å². The third kappa shape index (κ3) is 3.64. The Kier molecular flexibility index (Phi) is 5.63. The van der Waals surface area contributed by atoms with Gasteiger partial charge in [-0.15, -0.1) is 0 Å². The molecule has 0 N–H and O–H groups in total. The van der Waals surface area contributed by atoms with Crippen molar-refractivity contribution in [3.8, 4) is 16.8 Å². The average molecular weight is 617 g/mol. The minimum absolute atomic E-state index is 0.209. The second-order valence-electron chi connectivity index (χ2n) is 13.3. The van der Waals surface area contributed by atoms with Gasteiger partial charge in [-0.25, -0.2) is 0 Å². The van der Waals surface area contributed by atoms with E-state index >= 15 is 0 Å². The van der Waals surface area contributed by atoms with Crippen molar-refractivity contribution in [1.82, 2.24) is 4.57 Å². The molecule has 0 aliphatic heterocycles. The van der Waals surface area contributed by atoms with Crippen LogP contribution >= 0.6 is 0 Å². The molecule has 10 rings (SSSR count). The number of aromatic nitrogens is 1. The number of fused-ring (bicyclic) bond motifs is 9. The largest absolute Gasteiger partial charge is 0.456 e. The molecule has 0 atom stereocenters. The van der Waals surface area contributed by atoms with Crippen LogP contribution in [0.2, 0.25) is 0 Å². The van der Waals surface area contributed by atoms with Gasteiger partial charge < -0.3 is 13.9 Å². The van der Waals surface area contributed by atoms with E-state index in [2.05, 4.69) is 175 Å². The molecule has 0 amide bonds. The van der Waals surface area contributed by atoms with Gasteiger partial charge in [0, 0.05) is 27.3 Å². The first kappa shape index (κ1) is 27.1. The van der Waals surface area contributed by atoms with Crippen molar-refractivity contribution in [3.05, 3.63) is 169 Å². The predicted octanol–water partition coefficient (Wildman–Crippen LogP) is 12.5. The highest BCUT2D eigenvalue weighted by Gasteiger charge is 2.39. The van der Waals surface area contributed by atoms with Gasteiger partial charge in [0.05, 0.1) is 33.5 Å². The Bertz CT molecular complexity index is 2710. The summed E-state index contributed by atoms with van der Waals surface area (Å²) in [6, 6.07) is 56.8. The summed E-state index contributed by atoms with van der Waals surface area (Å²) in [6.45, 7) is 4.74. The van der Waals surface area contributed by atoms with Crippen LogP contribution < -0.4 is 4.90 Å². The van der Waals surface area contributed by atoms with Crippen LogP contribution in [0.15, 0.2) is 162 Å². The summed E-state index contributed by atoms with van der Waals surface area (Å²) < 4.78 is 8.89. The molecule has 1 aliphatic rings. The molecule has 2 aromatic heterocycles. The smallest absolute Gasteiger partial charge is 0.137 e. The number of para-hydroxylation sites is 3. The number of hydrogen-bond acceptors (Lipinski definition) is 2. The monoisotopic (exact) mass is 616 g/mol. The third-order valence-electron chi connectivity index (χ3n) is 10.4. The van der Waals surface area contributed by atoms with Crippen LogP contribution in [0.1, 0.15) is 25.0 Å². The molecule has 228 valence electrons. The molecule has 48 heavy (non-hydrogen) atoms. The average Bonchev–Trinajstić information content (AvgIpc) is 3.76. The minimum atomic E-state index is -0.209. The van der Waals surface area contributed by atoms with Crippen LogP contribution in [0.3, 0.4) is 0 Å². The van der Waals surface area contributed by atoms with Gasteiger partial charge >= 0.3 is 0 Å². The van der Waals surface area contributed by atoms with E-state index in [4.69, 9.17) is 4.42 Å². The number of nitrogens with zero attached hydrogens (tertiary/aromatic N) is 2. The van der Waals surface area contributed by atoms with Gasteiger partial charge in [0.1, 0.15) is 11.2 Å². The van der Waals surface area contributed by atoms with E-state index in [1.165, 1.54) is 49.7 Å². The molecule has 0 saturated carbocycles. The van der Waals surface area contributed by atoms with Gasteiger partial charge in [-0.2, -0.15) is 0 Å². The first-order valence-electron chi connectivity index (χ1n) is 16.6. The highest BCUT2D eigenvalue weighted by molar-refractivity contribution is 6.19. The van der Waals surface area contributed by atoms with Crippen molar-refractivity contribution >= 4 is 60.8 Å². The Morgan fingerprint density at radius 2 is 1.08 bits per heavy atom. The Hall–Kier alpha value is -6.06. The SMILES string of the molecule is CC1(C)c2ccccc2-c2cccc(N(c3cccc4oc5ccccc5c34)c3cccc4c3c3ccccc3n4-c3ccccc3)c21. The number of anilines is 3. The summed E-state index contributed by atoms with van der Waals surface area (Å²) in [6.07, 6.45) is 0. The van der Waals surface area contributed by atoms with Crippen molar-refractivity contribution < 1.29 is 4.42 Å². The summed E-state index contributed by atoms with van der Waals surface area (Å²) in [5.74, 6) is 0. The van der Waals surface area contributed by atoms with Crippen LogP contribution in [0.25, 0.3) is 60.6 Å². The van der Waals surface area contributed by atoms with Crippen LogP contribution in [-0.4, -0.2) is 4.57 Å². The molecule has 0 bridgehead atoms. The van der Waals surface area contributed by atoms with Crippen LogP contribution in [-0.2, 0) is 5.41 Å². The van der Waals surface area contributed by atoms with E-state index in [-0.39, 0.29) is 5.41 Å². The van der Waals surface area contributed by atoms with E-state index in [9.17, 15) is 0 Å². The van der Waals surface area contributed by atoms with Gasteiger partial charge in [0.25, 0.3) is 0 Å². The van der Waals surface area contributed by atoms with E-state index in [1.54, 1.807) is 0 Å². The zero-order chi connectivity index (χ0) is 32.0.